The van der Waals surface area contributed by atoms with E-state index in [1.165, 1.54) is 24.6 Å². The Balaban J connectivity index is 1.48. The first-order valence-corrected chi connectivity index (χ1v) is 11.7. The molecular formula is C27H31N5O. The van der Waals surface area contributed by atoms with Crippen molar-refractivity contribution in [3.63, 3.8) is 0 Å². The molecule has 170 valence electrons. The lowest BCUT2D eigenvalue weighted by atomic mass is 9.97. The molecule has 0 bridgehead atoms. The minimum Gasteiger partial charge on any atom is -0.442 e. The van der Waals surface area contributed by atoms with Gasteiger partial charge >= 0.3 is 0 Å². The van der Waals surface area contributed by atoms with E-state index in [2.05, 4.69) is 81.9 Å². The lowest BCUT2D eigenvalue weighted by Crippen LogP contribution is -2.44. The predicted octanol–water partition coefficient (Wildman–Crippen LogP) is 5.88. The Labute approximate surface area is 194 Å². The molecule has 3 heterocycles. The van der Waals surface area contributed by atoms with E-state index in [-0.39, 0.29) is 0 Å². The summed E-state index contributed by atoms with van der Waals surface area (Å²) >= 11 is 0. The Kier molecular flexibility index (Phi) is 5.77. The monoisotopic (exact) mass is 441 g/mol. The first kappa shape index (κ1) is 21.5. The molecule has 1 aliphatic heterocycles. The molecular weight excluding hydrogens is 410 g/mol. The minimum absolute atomic E-state index is 0.530. The Bertz CT molecular complexity index is 1320. The number of aliphatic imine (C=N–C) groups is 1. The number of aromatic nitrogens is 3. The average molecular weight is 442 g/mol. The summed E-state index contributed by atoms with van der Waals surface area (Å²) in [4.78, 5) is 10.3. The summed E-state index contributed by atoms with van der Waals surface area (Å²) in [5, 5.41) is 9.56. The lowest BCUT2D eigenvalue weighted by Gasteiger charge is -2.39. The number of nitrogens with zero attached hydrogens (tertiary/aromatic N) is 3. The molecule has 2 N–H and O–H groups in total. The van der Waals surface area contributed by atoms with E-state index in [1.807, 2.05) is 12.4 Å². The van der Waals surface area contributed by atoms with Crippen LogP contribution in [0, 0.1) is 0 Å². The highest BCUT2D eigenvalue weighted by Gasteiger charge is 2.26. The van der Waals surface area contributed by atoms with Crippen molar-refractivity contribution in [2.24, 2.45) is 4.99 Å². The molecule has 4 aromatic rings. The summed E-state index contributed by atoms with van der Waals surface area (Å²) in [5.41, 5.74) is 5.20. The van der Waals surface area contributed by atoms with E-state index in [1.54, 1.807) is 7.05 Å². The van der Waals surface area contributed by atoms with Crippen LogP contribution in [0.4, 0.5) is 0 Å². The Morgan fingerprint density at radius 3 is 2.76 bits per heavy atom. The number of H-pyrrole nitrogens is 2. The van der Waals surface area contributed by atoms with Crippen LogP contribution in [0.5, 0.6) is 0 Å². The molecule has 1 saturated heterocycles. The quantitative estimate of drug-likeness (QED) is 0.231. The average Bonchev–Trinajstić information content (AvgIpc) is 3.48. The largest absolute Gasteiger partial charge is 0.442 e. The van der Waals surface area contributed by atoms with Crippen LogP contribution >= 0.6 is 0 Å². The first-order valence-electron chi connectivity index (χ1n) is 11.7. The molecule has 33 heavy (non-hydrogen) atoms. The van der Waals surface area contributed by atoms with Crippen LogP contribution in [0.25, 0.3) is 32.9 Å². The van der Waals surface area contributed by atoms with Crippen LogP contribution in [-0.2, 0) is 4.74 Å². The third kappa shape index (κ3) is 4.07. The van der Waals surface area contributed by atoms with Gasteiger partial charge in [0.2, 0.25) is 5.90 Å². The Hall–Kier alpha value is -3.38. The zero-order valence-corrected chi connectivity index (χ0v) is 19.6. The summed E-state index contributed by atoms with van der Waals surface area (Å²) < 4.78 is 6.29. The van der Waals surface area contributed by atoms with Gasteiger partial charge in [-0.3, -0.25) is 15.0 Å². The fourth-order valence-electron chi connectivity index (χ4n) is 5.10. The van der Waals surface area contributed by atoms with Crippen LogP contribution in [0.3, 0.4) is 0 Å². The van der Waals surface area contributed by atoms with Crippen LogP contribution in [-0.4, -0.2) is 51.7 Å². The number of nitrogens with one attached hydrogen (secondary N) is 2. The maximum Gasteiger partial charge on any atom is 0.222 e. The Morgan fingerprint density at radius 1 is 1.15 bits per heavy atom. The second-order valence-corrected chi connectivity index (χ2v) is 9.07. The van der Waals surface area contributed by atoms with E-state index in [9.17, 15) is 0 Å². The van der Waals surface area contributed by atoms with Gasteiger partial charge in [0.15, 0.2) is 0 Å². The number of rotatable bonds is 5. The number of piperidine rings is 1. The molecule has 5 rings (SSSR count). The molecule has 0 unspecified atom stereocenters. The van der Waals surface area contributed by atoms with Crippen molar-refractivity contribution >= 4 is 27.7 Å². The zero-order valence-electron chi connectivity index (χ0n) is 19.6. The van der Waals surface area contributed by atoms with Gasteiger partial charge in [-0.2, -0.15) is 5.10 Å². The topological polar surface area (TPSA) is 69.3 Å². The highest BCUT2D eigenvalue weighted by atomic mass is 16.5. The summed E-state index contributed by atoms with van der Waals surface area (Å²) in [6, 6.07) is 13.7. The first-order chi connectivity index (χ1) is 16.0. The lowest BCUT2D eigenvalue weighted by molar-refractivity contribution is 0.103. The summed E-state index contributed by atoms with van der Waals surface area (Å²) in [6.07, 6.45) is 7.52. The van der Waals surface area contributed by atoms with Crippen molar-refractivity contribution in [3.05, 3.63) is 66.7 Å². The number of hydrogen-bond acceptors (Lipinski definition) is 4. The summed E-state index contributed by atoms with van der Waals surface area (Å²) in [5.74, 6) is 1.28. The molecule has 2 aromatic carbocycles. The second kappa shape index (κ2) is 8.87. The van der Waals surface area contributed by atoms with E-state index >= 15 is 0 Å². The van der Waals surface area contributed by atoms with Gasteiger partial charge in [-0.05, 0) is 62.1 Å². The van der Waals surface area contributed by atoms with Crippen molar-refractivity contribution in [1.82, 2.24) is 20.1 Å². The maximum atomic E-state index is 6.29. The number of hydrogen-bond donors (Lipinski definition) is 2. The molecule has 1 fully saturated rings. The van der Waals surface area contributed by atoms with Gasteiger partial charge < -0.3 is 9.72 Å². The van der Waals surface area contributed by atoms with Crippen LogP contribution < -0.4 is 0 Å². The van der Waals surface area contributed by atoms with Gasteiger partial charge in [-0.25, -0.2) is 0 Å². The van der Waals surface area contributed by atoms with E-state index in [0.29, 0.717) is 30.3 Å². The molecule has 1 aliphatic rings. The second-order valence-electron chi connectivity index (χ2n) is 9.07. The number of aromatic amines is 2. The number of ether oxygens (including phenoxy) is 1. The van der Waals surface area contributed by atoms with E-state index in [0.717, 1.165) is 33.1 Å². The van der Waals surface area contributed by atoms with Gasteiger partial charge in [-0.1, -0.05) is 25.1 Å². The third-order valence-corrected chi connectivity index (χ3v) is 6.87. The van der Waals surface area contributed by atoms with Gasteiger partial charge in [0.05, 0.1) is 18.3 Å². The van der Waals surface area contributed by atoms with Gasteiger partial charge in [0, 0.05) is 47.2 Å². The van der Waals surface area contributed by atoms with Gasteiger partial charge in [0.25, 0.3) is 0 Å². The van der Waals surface area contributed by atoms with Crippen LogP contribution in [0.1, 0.15) is 38.7 Å². The van der Waals surface area contributed by atoms with Crippen LogP contribution in [0.15, 0.2) is 66.1 Å². The predicted molar refractivity (Wildman–Crippen MR) is 136 cm³/mol. The molecule has 0 radical (unpaired) electrons. The van der Waals surface area contributed by atoms with Crippen molar-refractivity contribution in [2.75, 3.05) is 13.6 Å². The van der Waals surface area contributed by atoms with E-state index < -0.39 is 0 Å². The Morgan fingerprint density at radius 2 is 1.97 bits per heavy atom. The molecule has 0 spiro atoms. The fraction of sp³-hybridized carbons (Fsp3) is 0.333. The smallest absolute Gasteiger partial charge is 0.222 e. The third-order valence-electron chi connectivity index (χ3n) is 6.87. The summed E-state index contributed by atoms with van der Waals surface area (Å²) in [7, 11) is 1.76. The number of fused-ring (bicyclic) bond motifs is 2. The van der Waals surface area contributed by atoms with Crippen molar-refractivity contribution in [1.29, 1.82) is 0 Å². The SMILES string of the molecule is C=C(CN1[C@H](C)CCC[C@@H]1C)OC(=NC)c1cc(-c2cccc3[nH]ccc23)cc2[nH]ncc12. The number of benzene rings is 2. The van der Waals surface area contributed by atoms with Gasteiger partial charge in [0.1, 0.15) is 5.76 Å². The maximum absolute atomic E-state index is 6.29. The highest BCUT2D eigenvalue weighted by molar-refractivity contribution is 6.09. The molecule has 6 nitrogen and oxygen atoms in total. The number of likely N-dealkylation sites (tertiary alicyclic amines) is 1. The van der Waals surface area contributed by atoms with Crippen molar-refractivity contribution in [2.45, 2.75) is 45.2 Å². The minimum atomic E-state index is 0.530. The summed E-state index contributed by atoms with van der Waals surface area (Å²) in [6.45, 7) is 9.53. The zero-order chi connectivity index (χ0) is 22.9. The van der Waals surface area contributed by atoms with E-state index in [4.69, 9.17) is 4.74 Å². The highest BCUT2D eigenvalue weighted by Crippen LogP contribution is 2.32. The molecule has 0 amide bonds. The van der Waals surface area contributed by atoms with Crippen LogP contribution in [0.2, 0.25) is 0 Å². The normalized spacial score (nSPS) is 19.9. The molecule has 2 atom stereocenters. The fourth-order valence-corrected chi connectivity index (χ4v) is 5.10. The van der Waals surface area contributed by atoms with Crippen molar-refractivity contribution in [3.8, 4) is 11.1 Å². The molecule has 2 aromatic heterocycles. The standard InChI is InChI=1S/C27H31N5O/c1-17-7-5-8-18(2)32(17)16-19(3)33-27(28-4)23-13-20(14-26-24(23)15-30-31-26)21-9-6-10-25-22(21)11-12-29-25/h6,9-15,17-18,29H,3,5,7-8,16H2,1-2,4H3,(H,30,31)/t17-,18+. The molecule has 0 saturated carbocycles. The van der Waals surface area contributed by atoms with Crippen molar-refractivity contribution < 1.29 is 4.74 Å². The molecule has 6 heteroatoms. The van der Waals surface area contributed by atoms with Gasteiger partial charge in [-0.15, -0.1) is 0 Å². The molecule has 0 aliphatic carbocycles.